The van der Waals surface area contributed by atoms with Gasteiger partial charge in [-0.15, -0.1) is 0 Å². The molecule has 4 heterocycles. The third kappa shape index (κ3) is 17.6. The van der Waals surface area contributed by atoms with Gasteiger partial charge in [0.2, 0.25) is 28.9 Å². The van der Waals surface area contributed by atoms with Crippen molar-refractivity contribution in [3.8, 4) is 51.8 Å². The summed E-state index contributed by atoms with van der Waals surface area (Å²) in [7, 11) is 13.5. The summed E-state index contributed by atoms with van der Waals surface area (Å²) in [5, 5.41) is 27.5. The van der Waals surface area contributed by atoms with Crippen molar-refractivity contribution in [2.45, 2.75) is 39.8 Å². The van der Waals surface area contributed by atoms with Crippen LogP contribution in [0.3, 0.4) is 0 Å². The Morgan fingerprint density at radius 3 is 1.52 bits per heavy atom. The summed E-state index contributed by atoms with van der Waals surface area (Å²) < 4.78 is 74.9. The number of nitrogens with one attached hydrogen (secondary N) is 3. The summed E-state index contributed by atoms with van der Waals surface area (Å²) in [5.41, 5.74) is 3.64. The molecule has 0 saturated carbocycles. The Kier molecular flexibility index (Phi) is 24.6. The fourth-order valence-electron chi connectivity index (χ4n) is 7.96. The van der Waals surface area contributed by atoms with Gasteiger partial charge in [-0.05, 0) is 122 Å². The number of likely N-dealkylation sites (N-methyl/N-ethyl adjacent to an activating group) is 2. The fraction of sp³-hybridized carbons (Fsp3) is 0.310. The number of amides is 1. The lowest BCUT2D eigenvalue weighted by Gasteiger charge is -2.18. The minimum Gasteiger partial charge on any atom is -0.494 e. The average molecular weight is 1210 g/mol. The summed E-state index contributed by atoms with van der Waals surface area (Å²) in [6, 6.07) is 15.3. The molecule has 4 aromatic carbocycles. The van der Waals surface area contributed by atoms with E-state index in [-0.39, 0.29) is 59.1 Å². The summed E-state index contributed by atoms with van der Waals surface area (Å²) in [6.45, 7) is 16.5. The summed E-state index contributed by atoms with van der Waals surface area (Å²) in [4.78, 5) is 61.8. The smallest absolute Gasteiger partial charge is 0.307 e. The van der Waals surface area contributed by atoms with E-state index in [0.717, 1.165) is 24.8 Å². The van der Waals surface area contributed by atoms with Gasteiger partial charge in [0, 0.05) is 66.9 Å². The Labute approximate surface area is 499 Å². The third-order valence-electron chi connectivity index (χ3n) is 11.9. The van der Waals surface area contributed by atoms with Crippen LogP contribution in [0.2, 0.25) is 0 Å². The largest absolute Gasteiger partial charge is 0.494 e. The maximum absolute atomic E-state index is 15.2. The molecule has 24 nitrogen and oxygen atoms in total. The van der Waals surface area contributed by atoms with Crippen molar-refractivity contribution >= 4 is 79.5 Å². The fourth-order valence-corrected chi connectivity index (χ4v) is 7.96. The number of nitrogens with zero attached hydrogens (tertiary/aromatic N) is 11. The number of methoxy groups -OCH3 is 4. The van der Waals surface area contributed by atoms with Crippen LogP contribution in [-0.2, 0) is 9.59 Å². The molecule has 4 N–H and O–H groups in total. The molecule has 0 saturated heterocycles. The molecule has 458 valence electrons. The molecule has 8 rings (SSSR count). The number of carbonyl (C=O) groups excluding carboxylic acids is 2. The molecule has 0 radical (unpaired) electrons. The first-order valence-corrected chi connectivity index (χ1v) is 26.5. The highest BCUT2D eigenvalue weighted by Gasteiger charge is 2.23. The molecule has 0 spiro atoms. The zero-order chi connectivity index (χ0) is 63.5. The van der Waals surface area contributed by atoms with Crippen LogP contribution >= 0.6 is 11.6 Å². The molecule has 0 atom stereocenters. The first-order chi connectivity index (χ1) is 40.9. The van der Waals surface area contributed by atoms with Crippen LogP contribution in [0.15, 0.2) is 98.4 Å². The lowest BCUT2D eigenvalue weighted by molar-refractivity contribution is -0.387. The van der Waals surface area contributed by atoms with E-state index in [1.54, 1.807) is 41.1 Å². The van der Waals surface area contributed by atoms with Crippen LogP contribution in [0.25, 0.3) is 44.6 Å². The highest BCUT2D eigenvalue weighted by atomic mass is 35.5. The van der Waals surface area contributed by atoms with E-state index in [9.17, 15) is 28.5 Å². The van der Waals surface area contributed by atoms with Gasteiger partial charge in [0.25, 0.3) is 12.0 Å². The zero-order valence-corrected chi connectivity index (χ0v) is 50.3. The van der Waals surface area contributed by atoms with Gasteiger partial charge >= 0.3 is 5.69 Å². The second-order valence-corrected chi connectivity index (χ2v) is 19.6. The number of anilines is 5. The van der Waals surface area contributed by atoms with Crippen molar-refractivity contribution < 1.29 is 56.5 Å². The summed E-state index contributed by atoms with van der Waals surface area (Å²) in [5.74, 6) is -1.29. The van der Waals surface area contributed by atoms with Gasteiger partial charge in [-0.1, -0.05) is 13.2 Å². The number of rotatable bonds is 22. The Morgan fingerprint density at radius 2 is 1.14 bits per heavy atom. The second-order valence-electron chi connectivity index (χ2n) is 19.2. The molecule has 0 aliphatic rings. The van der Waals surface area contributed by atoms with Crippen molar-refractivity contribution in [2.24, 2.45) is 0 Å². The SMILES string of the molecule is C=CC(=O)Cl.C=CC(=O)Nc1cc(Nc2nccc(-c3cc(F)c4nc(OC)n(C(C)C)c4c3)n2)c(OC)cc1OCCN(C)C.CN(C)CCO.COc1cc(F)c([N+](=O)[O-])cc1Nc1nccc(-c2cc(F)c3nc(OC)n(C(C)C)c3c2)n1. The number of aliphatic hydroxyl groups is 1. The Balaban J connectivity index is 0.000000270. The number of imidazole rings is 2. The maximum atomic E-state index is 15.2. The topological polar surface area (TPSA) is 273 Å². The highest BCUT2D eigenvalue weighted by molar-refractivity contribution is 6.66. The molecular formula is C58H68ClF3N14O10. The van der Waals surface area contributed by atoms with Crippen LogP contribution in [0.4, 0.5) is 47.8 Å². The predicted molar refractivity (Wildman–Crippen MR) is 324 cm³/mol. The molecule has 1 amide bonds. The second kappa shape index (κ2) is 31.5. The minimum absolute atomic E-state index is 0.00898. The lowest BCUT2D eigenvalue weighted by atomic mass is 10.1. The zero-order valence-electron chi connectivity index (χ0n) is 49.5. The first-order valence-electron chi connectivity index (χ1n) is 26.2. The van der Waals surface area contributed by atoms with E-state index in [1.165, 1.54) is 52.8 Å². The average Bonchev–Trinajstić information content (AvgIpc) is 1.75. The Morgan fingerprint density at radius 1 is 0.674 bits per heavy atom. The van der Waals surface area contributed by atoms with Crippen LogP contribution in [0.5, 0.6) is 29.3 Å². The van der Waals surface area contributed by atoms with E-state index in [1.807, 2.05) is 76.3 Å². The molecule has 4 aromatic heterocycles. The molecule has 0 unspecified atom stereocenters. The number of aromatic nitrogens is 8. The molecule has 0 fully saturated rings. The predicted octanol–water partition coefficient (Wildman–Crippen LogP) is 10.5. The van der Waals surface area contributed by atoms with Gasteiger partial charge < -0.3 is 54.5 Å². The maximum Gasteiger partial charge on any atom is 0.307 e. The third-order valence-corrected chi connectivity index (χ3v) is 12.1. The molecule has 8 aromatic rings. The van der Waals surface area contributed by atoms with E-state index < -0.39 is 39.2 Å². The number of hydrogen-bond donors (Lipinski definition) is 4. The normalized spacial score (nSPS) is 10.8. The quantitative estimate of drug-likeness (QED) is 0.0212. The Hall–Kier alpha value is -9.44. The minimum atomic E-state index is -1.04. The van der Waals surface area contributed by atoms with Crippen LogP contribution in [-0.4, -0.2) is 153 Å². The van der Waals surface area contributed by atoms with Gasteiger partial charge in [-0.3, -0.25) is 28.8 Å². The number of allylic oxidation sites excluding steroid dienone is 1. The number of aliphatic hydroxyl groups excluding tert-OH is 1. The molecule has 0 aliphatic carbocycles. The number of benzene rings is 4. The van der Waals surface area contributed by atoms with E-state index in [4.69, 9.17) is 40.4 Å². The van der Waals surface area contributed by atoms with Crippen LogP contribution in [0, 0.1) is 27.6 Å². The van der Waals surface area contributed by atoms with Crippen molar-refractivity contribution in [2.75, 3.05) is 98.9 Å². The highest BCUT2D eigenvalue weighted by Crippen LogP contribution is 2.39. The number of nitro groups is 1. The van der Waals surface area contributed by atoms with Crippen LogP contribution in [0.1, 0.15) is 39.8 Å². The monoisotopic (exact) mass is 1210 g/mol. The first kappa shape index (κ1) is 67.4. The van der Waals surface area contributed by atoms with Gasteiger partial charge in [0.1, 0.15) is 34.9 Å². The van der Waals surface area contributed by atoms with Gasteiger partial charge in [-0.25, -0.2) is 28.7 Å². The van der Waals surface area contributed by atoms with Gasteiger partial charge in [0.15, 0.2) is 11.6 Å². The van der Waals surface area contributed by atoms with Crippen molar-refractivity contribution in [1.82, 2.24) is 48.8 Å². The van der Waals surface area contributed by atoms with Crippen molar-refractivity contribution in [3.63, 3.8) is 0 Å². The van der Waals surface area contributed by atoms with Crippen molar-refractivity contribution in [1.29, 1.82) is 0 Å². The number of fused-ring (bicyclic) bond motifs is 2. The molecular weight excluding hydrogens is 1150 g/mol. The van der Waals surface area contributed by atoms with Crippen LogP contribution < -0.4 is 39.6 Å². The summed E-state index contributed by atoms with van der Waals surface area (Å²) >= 11 is 4.71. The van der Waals surface area contributed by atoms with E-state index in [0.29, 0.717) is 75.6 Å². The number of halogens is 4. The molecule has 0 bridgehead atoms. The lowest BCUT2D eigenvalue weighted by Crippen LogP contribution is -2.20. The number of ether oxygens (including phenoxy) is 5. The number of carbonyl (C=O) groups is 2. The molecule has 0 aliphatic heterocycles. The van der Waals surface area contributed by atoms with Crippen molar-refractivity contribution in [3.05, 3.63) is 126 Å². The molecule has 28 heteroatoms. The number of hydrogen-bond acceptors (Lipinski definition) is 20. The van der Waals surface area contributed by atoms with E-state index >= 15 is 4.39 Å². The molecule has 86 heavy (non-hydrogen) atoms. The van der Waals surface area contributed by atoms with E-state index in [2.05, 4.69) is 59.0 Å². The summed E-state index contributed by atoms with van der Waals surface area (Å²) in [6.07, 6.45) is 5.22. The van der Waals surface area contributed by atoms with Gasteiger partial charge in [0.05, 0.1) is 79.5 Å². The number of nitro benzene ring substituents is 1. The Bertz CT molecular complexity index is 3690. The van der Waals surface area contributed by atoms with Gasteiger partial charge in [-0.2, -0.15) is 14.4 Å². The standard InChI is InChI=1S/C29H34FN7O4.C22H20F2N6O4.C4H11NO.C3H3ClO/c1-8-26(38)32-22-15-21(24(39-6)16-25(22)41-12-11-36(4)5)34-28-31-10-9-20(33-28)18-13-19(30)27-23(14-18)37(17(2)3)29(35-27)40-7;1-11(2)29-18-8-12(7-14(24)20(18)28-22(29)34-4)15-5-6-25-21(26-15)27-16-10-17(30(31)32)13(23)9-19(16)33-3;1-5(2)3-4-6;1-2-3(4)5/h8-10,13-17H,1,11-12H2,2-7H3,(H,32,38)(H,31,33,34);5-11H,1-4H3,(H,25,26,27);6H,3-4H2,1-2H3;2H,1H2.